The number of carbonyl (C=O) groups is 2. The normalized spacial score (nSPS) is 15.8. The van der Waals surface area contributed by atoms with Crippen molar-refractivity contribution < 1.29 is 14.3 Å². The van der Waals surface area contributed by atoms with Crippen molar-refractivity contribution in [3.8, 4) is 0 Å². The highest BCUT2D eigenvalue weighted by molar-refractivity contribution is 5.83. The maximum absolute atomic E-state index is 11.6. The summed E-state index contributed by atoms with van der Waals surface area (Å²) in [6.45, 7) is 6.99. The number of hydrogen-bond donors (Lipinski definition) is 2. The molecule has 0 aromatic rings. The van der Waals surface area contributed by atoms with Gasteiger partial charge in [0.05, 0.1) is 19.8 Å². The highest BCUT2D eigenvalue weighted by atomic mass is 16.5. The molecule has 1 rings (SSSR count). The summed E-state index contributed by atoms with van der Waals surface area (Å²) in [5, 5.41) is 5.34. The third-order valence-electron chi connectivity index (χ3n) is 2.41. The zero-order chi connectivity index (χ0) is 12.7. The number of carbonyl (C=O) groups excluding carboxylic acids is 2. The lowest BCUT2D eigenvalue weighted by Crippen LogP contribution is -2.48. The molecule has 0 atom stereocenters. The van der Waals surface area contributed by atoms with Gasteiger partial charge in [-0.2, -0.15) is 0 Å². The standard InChI is InChI=1S/C11H21N3O3/c1-9(2)7-12-10(15)8-13-11(16)14-3-5-17-6-4-14/h9H,3-8H2,1-2H3,(H,12,15)(H,13,16). The summed E-state index contributed by atoms with van der Waals surface area (Å²) in [4.78, 5) is 24.6. The summed E-state index contributed by atoms with van der Waals surface area (Å²) < 4.78 is 5.14. The monoisotopic (exact) mass is 243 g/mol. The molecule has 0 bridgehead atoms. The van der Waals surface area contributed by atoms with E-state index in [-0.39, 0.29) is 18.5 Å². The van der Waals surface area contributed by atoms with Crippen LogP contribution in [0.4, 0.5) is 4.79 Å². The van der Waals surface area contributed by atoms with Crippen molar-refractivity contribution in [1.82, 2.24) is 15.5 Å². The van der Waals surface area contributed by atoms with E-state index in [1.54, 1.807) is 4.90 Å². The van der Waals surface area contributed by atoms with Crippen molar-refractivity contribution in [3.63, 3.8) is 0 Å². The van der Waals surface area contributed by atoms with Crippen molar-refractivity contribution in [2.24, 2.45) is 5.92 Å². The minimum Gasteiger partial charge on any atom is -0.378 e. The van der Waals surface area contributed by atoms with E-state index in [1.807, 2.05) is 13.8 Å². The lowest BCUT2D eigenvalue weighted by molar-refractivity contribution is -0.120. The van der Waals surface area contributed by atoms with Crippen molar-refractivity contribution in [1.29, 1.82) is 0 Å². The molecule has 6 nitrogen and oxygen atoms in total. The highest BCUT2D eigenvalue weighted by Crippen LogP contribution is 1.96. The molecular weight excluding hydrogens is 222 g/mol. The zero-order valence-electron chi connectivity index (χ0n) is 10.5. The van der Waals surface area contributed by atoms with Crippen LogP contribution < -0.4 is 10.6 Å². The van der Waals surface area contributed by atoms with Gasteiger partial charge in [-0.1, -0.05) is 13.8 Å². The fraction of sp³-hybridized carbons (Fsp3) is 0.818. The number of ether oxygens (including phenoxy) is 1. The van der Waals surface area contributed by atoms with Crippen molar-refractivity contribution >= 4 is 11.9 Å². The molecule has 98 valence electrons. The topological polar surface area (TPSA) is 70.7 Å². The number of amides is 3. The Balaban J connectivity index is 2.16. The van der Waals surface area contributed by atoms with Crippen LogP contribution in [0.5, 0.6) is 0 Å². The molecule has 0 radical (unpaired) electrons. The Morgan fingerprint density at radius 2 is 1.88 bits per heavy atom. The molecule has 0 aliphatic carbocycles. The van der Waals surface area contributed by atoms with Crippen molar-refractivity contribution in [3.05, 3.63) is 0 Å². The first-order valence-corrected chi connectivity index (χ1v) is 5.97. The molecule has 0 aromatic carbocycles. The van der Waals surface area contributed by atoms with Crippen LogP contribution in [-0.2, 0) is 9.53 Å². The van der Waals surface area contributed by atoms with Gasteiger partial charge in [-0.05, 0) is 5.92 Å². The van der Waals surface area contributed by atoms with E-state index in [0.717, 1.165) is 0 Å². The Kier molecular flexibility index (Phi) is 5.76. The van der Waals surface area contributed by atoms with Crippen LogP contribution in [-0.4, -0.2) is 56.2 Å². The van der Waals surface area contributed by atoms with Gasteiger partial charge in [0.2, 0.25) is 5.91 Å². The van der Waals surface area contributed by atoms with E-state index in [1.165, 1.54) is 0 Å². The first-order chi connectivity index (χ1) is 8.09. The molecule has 1 aliphatic heterocycles. The first kappa shape index (κ1) is 13.8. The Bertz CT molecular complexity index is 263. The fourth-order valence-corrected chi connectivity index (χ4v) is 1.41. The molecule has 17 heavy (non-hydrogen) atoms. The minimum absolute atomic E-state index is 0.0307. The number of urea groups is 1. The van der Waals surface area contributed by atoms with E-state index in [0.29, 0.717) is 38.8 Å². The van der Waals surface area contributed by atoms with Crippen LogP contribution in [0.15, 0.2) is 0 Å². The van der Waals surface area contributed by atoms with Gasteiger partial charge < -0.3 is 20.3 Å². The van der Waals surface area contributed by atoms with Gasteiger partial charge in [-0.25, -0.2) is 4.79 Å². The maximum Gasteiger partial charge on any atom is 0.317 e. The summed E-state index contributed by atoms with van der Waals surface area (Å²) in [7, 11) is 0. The third-order valence-corrected chi connectivity index (χ3v) is 2.41. The first-order valence-electron chi connectivity index (χ1n) is 5.97. The van der Waals surface area contributed by atoms with Gasteiger partial charge in [-0.15, -0.1) is 0 Å². The van der Waals surface area contributed by atoms with Gasteiger partial charge in [0.1, 0.15) is 0 Å². The molecule has 1 saturated heterocycles. The molecule has 1 aliphatic rings. The second-order valence-electron chi connectivity index (χ2n) is 4.46. The smallest absolute Gasteiger partial charge is 0.317 e. The zero-order valence-corrected chi connectivity index (χ0v) is 10.5. The molecule has 0 spiro atoms. The van der Waals surface area contributed by atoms with Crippen molar-refractivity contribution in [2.45, 2.75) is 13.8 Å². The Morgan fingerprint density at radius 1 is 1.24 bits per heavy atom. The van der Waals surface area contributed by atoms with Crippen LogP contribution in [0.2, 0.25) is 0 Å². The average molecular weight is 243 g/mol. The molecule has 0 unspecified atom stereocenters. The summed E-state index contributed by atoms with van der Waals surface area (Å²) in [6, 6.07) is -0.201. The van der Waals surface area contributed by atoms with Crippen LogP contribution in [0.25, 0.3) is 0 Å². The number of morpholine rings is 1. The molecule has 1 heterocycles. The number of rotatable bonds is 4. The van der Waals surface area contributed by atoms with Crippen LogP contribution in [0.3, 0.4) is 0 Å². The van der Waals surface area contributed by atoms with E-state index in [4.69, 9.17) is 4.74 Å². The van der Waals surface area contributed by atoms with Crippen LogP contribution in [0.1, 0.15) is 13.8 Å². The average Bonchev–Trinajstić information content (AvgIpc) is 2.34. The molecule has 0 aromatic heterocycles. The maximum atomic E-state index is 11.6. The number of nitrogens with zero attached hydrogens (tertiary/aromatic N) is 1. The Hall–Kier alpha value is -1.30. The van der Waals surface area contributed by atoms with Crippen LogP contribution >= 0.6 is 0 Å². The molecule has 6 heteroatoms. The second-order valence-corrected chi connectivity index (χ2v) is 4.46. The van der Waals surface area contributed by atoms with Gasteiger partial charge in [-0.3, -0.25) is 4.79 Å². The fourth-order valence-electron chi connectivity index (χ4n) is 1.41. The minimum atomic E-state index is -0.201. The van der Waals surface area contributed by atoms with Crippen molar-refractivity contribution in [2.75, 3.05) is 39.4 Å². The summed E-state index contributed by atoms with van der Waals surface area (Å²) in [5.41, 5.74) is 0. The van der Waals surface area contributed by atoms with Gasteiger partial charge in [0.15, 0.2) is 0 Å². The Labute approximate surface area is 102 Å². The molecular formula is C11H21N3O3. The quantitative estimate of drug-likeness (QED) is 0.718. The van der Waals surface area contributed by atoms with E-state index >= 15 is 0 Å². The number of nitrogens with one attached hydrogen (secondary N) is 2. The second kappa shape index (κ2) is 7.11. The Morgan fingerprint density at radius 3 is 2.47 bits per heavy atom. The lowest BCUT2D eigenvalue weighted by Gasteiger charge is -2.26. The molecule has 1 fully saturated rings. The van der Waals surface area contributed by atoms with Gasteiger partial charge in [0.25, 0.3) is 0 Å². The lowest BCUT2D eigenvalue weighted by atomic mass is 10.2. The summed E-state index contributed by atoms with van der Waals surface area (Å²) in [5.74, 6) is 0.259. The third kappa shape index (κ3) is 5.53. The molecule has 2 N–H and O–H groups in total. The molecule has 3 amide bonds. The number of hydrogen-bond acceptors (Lipinski definition) is 3. The van der Waals surface area contributed by atoms with E-state index < -0.39 is 0 Å². The summed E-state index contributed by atoms with van der Waals surface area (Å²) in [6.07, 6.45) is 0. The largest absolute Gasteiger partial charge is 0.378 e. The van der Waals surface area contributed by atoms with E-state index in [9.17, 15) is 9.59 Å². The highest BCUT2D eigenvalue weighted by Gasteiger charge is 2.16. The summed E-state index contributed by atoms with van der Waals surface area (Å²) >= 11 is 0. The molecule has 0 saturated carbocycles. The predicted octanol–water partition coefficient (Wildman–Crippen LogP) is -0.200. The SMILES string of the molecule is CC(C)CNC(=O)CNC(=O)N1CCOCC1. The predicted molar refractivity (Wildman–Crippen MR) is 63.6 cm³/mol. The van der Waals surface area contributed by atoms with Gasteiger partial charge >= 0.3 is 6.03 Å². The van der Waals surface area contributed by atoms with E-state index in [2.05, 4.69) is 10.6 Å². The van der Waals surface area contributed by atoms with Gasteiger partial charge in [0, 0.05) is 19.6 Å². The van der Waals surface area contributed by atoms with Crippen LogP contribution in [0, 0.1) is 5.92 Å².